The number of hydrogen-bond donors (Lipinski definition) is 2. The Morgan fingerprint density at radius 2 is 2.28 bits per heavy atom. The third-order valence-corrected chi connectivity index (χ3v) is 4.30. The van der Waals surface area contributed by atoms with Crippen LogP contribution in [0.2, 0.25) is 0 Å². The molecule has 5 heteroatoms. The van der Waals surface area contributed by atoms with E-state index in [1.165, 1.54) is 0 Å². The van der Waals surface area contributed by atoms with Gasteiger partial charge in [-0.05, 0) is 53.7 Å². The van der Waals surface area contributed by atoms with Gasteiger partial charge in [0, 0.05) is 11.4 Å². The van der Waals surface area contributed by atoms with Crippen LogP contribution in [0.4, 0.5) is 0 Å². The highest BCUT2D eigenvalue weighted by Gasteiger charge is 2.21. The number of nitrogens with zero attached hydrogens (tertiary/aromatic N) is 1. The van der Waals surface area contributed by atoms with Gasteiger partial charge in [-0.25, -0.2) is 0 Å². The summed E-state index contributed by atoms with van der Waals surface area (Å²) in [6.07, 6.45) is 6.33. The van der Waals surface area contributed by atoms with Crippen molar-refractivity contribution in [3.63, 3.8) is 0 Å². The van der Waals surface area contributed by atoms with Crippen molar-refractivity contribution < 1.29 is 4.74 Å². The van der Waals surface area contributed by atoms with Gasteiger partial charge in [-0.3, -0.25) is 5.10 Å². The molecular weight excluding hydrogens is 294 g/mol. The fraction of sp³-hybridized carbons (Fsp3) is 0.462. The summed E-state index contributed by atoms with van der Waals surface area (Å²) in [6.45, 7) is 0. The SMILES string of the molecule is NC1CCCC(Oc2ccc3[nH]ncc3c2Br)C1. The summed E-state index contributed by atoms with van der Waals surface area (Å²) in [7, 11) is 0. The van der Waals surface area contributed by atoms with E-state index in [-0.39, 0.29) is 12.1 Å². The summed E-state index contributed by atoms with van der Waals surface area (Å²) in [4.78, 5) is 0. The molecule has 3 rings (SSSR count). The lowest BCUT2D eigenvalue weighted by Crippen LogP contribution is -2.33. The molecule has 0 bridgehead atoms. The van der Waals surface area contributed by atoms with Crippen LogP contribution in [0.3, 0.4) is 0 Å². The molecule has 0 radical (unpaired) electrons. The number of nitrogens with two attached hydrogens (primary N) is 1. The van der Waals surface area contributed by atoms with Crippen LogP contribution in [0.5, 0.6) is 5.75 Å². The minimum Gasteiger partial charge on any atom is -0.489 e. The normalized spacial score (nSPS) is 24.3. The van der Waals surface area contributed by atoms with E-state index < -0.39 is 0 Å². The molecule has 0 spiro atoms. The average molecular weight is 310 g/mol. The summed E-state index contributed by atoms with van der Waals surface area (Å²) in [6, 6.07) is 4.25. The lowest BCUT2D eigenvalue weighted by atomic mass is 9.93. The number of nitrogens with one attached hydrogen (secondary N) is 1. The van der Waals surface area contributed by atoms with Gasteiger partial charge in [0.1, 0.15) is 11.9 Å². The first-order chi connectivity index (χ1) is 8.74. The summed E-state index contributed by atoms with van der Waals surface area (Å²) in [5, 5.41) is 8.02. The van der Waals surface area contributed by atoms with E-state index in [0.29, 0.717) is 0 Å². The maximum Gasteiger partial charge on any atom is 0.134 e. The summed E-state index contributed by atoms with van der Waals surface area (Å²) >= 11 is 3.59. The largest absolute Gasteiger partial charge is 0.489 e. The van der Waals surface area contributed by atoms with Crippen molar-refractivity contribution >= 4 is 26.8 Å². The van der Waals surface area contributed by atoms with E-state index >= 15 is 0 Å². The van der Waals surface area contributed by atoms with Crippen molar-refractivity contribution in [2.75, 3.05) is 0 Å². The molecule has 18 heavy (non-hydrogen) atoms. The fourth-order valence-corrected chi connectivity index (χ4v) is 3.06. The fourth-order valence-electron chi connectivity index (χ4n) is 2.52. The van der Waals surface area contributed by atoms with Gasteiger partial charge in [0.25, 0.3) is 0 Å². The first kappa shape index (κ1) is 12.0. The number of H-pyrrole nitrogens is 1. The summed E-state index contributed by atoms with van der Waals surface area (Å²) in [5.74, 6) is 0.878. The smallest absolute Gasteiger partial charge is 0.134 e. The van der Waals surface area contributed by atoms with Crippen LogP contribution in [0.15, 0.2) is 22.8 Å². The summed E-state index contributed by atoms with van der Waals surface area (Å²) in [5.41, 5.74) is 6.99. The van der Waals surface area contributed by atoms with Crippen LogP contribution in [0, 0.1) is 0 Å². The molecule has 2 unspecified atom stereocenters. The molecule has 2 atom stereocenters. The van der Waals surface area contributed by atoms with Gasteiger partial charge >= 0.3 is 0 Å². The second-order valence-electron chi connectivity index (χ2n) is 4.88. The Balaban J connectivity index is 1.83. The van der Waals surface area contributed by atoms with Crippen LogP contribution < -0.4 is 10.5 Å². The Morgan fingerprint density at radius 1 is 1.39 bits per heavy atom. The number of hydrogen-bond acceptors (Lipinski definition) is 3. The van der Waals surface area contributed by atoms with Crippen LogP contribution >= 0.6 is 15.9 Å². The molecule has 1 heterocycles. The van der Waals surface area contributed by atoms with E-state index in [9.17, 15) is 0 Å². The molecule has 3 N–H and O–H groups in total. The monoisotopic (exact) mass is 309 g/mol. The second-order valence-corrected chi connectivity index (χ2v) is 5.67. The predicted molar refractivity (Wildman–Crippen MR) is 74.7 cm³/mol. The van der Waals surface area contributed by atoms with E-state index in [1.54, 1.807) is 6.20 Å². The van der Waals surface area contributed by atoms with Gasteiger partial charge in [-0.1, -0.05) is 0 Å². The van der Waals surface area contributed by atoms with Crippen LogP contribution in [-0.4, -0.2) is 22.3 Å². The Kier molecular flexibility index (Phi) is 3.26. The molecule has 1 aromatic carbocycles. The zero-order chi connectivity index (χ0) is 12.5. The highest BCUT2D eigenvalue weighted by atomic mass is 79.9. The van der Waals surface area contributed by atoms with E-state index in [4.69, 9.17) is 10.5 Å². The van der Waals surface area contributed by atoms with Crippen LogP contribution in [0.1, 0.15) is 25.7 Å². The average Bonchev–Trinajstić information content (AvgIpc) is 2.82. The van der Waals surface area contributed by atoms with Crippen LogP contribution in [0.25, 0.3) is 10.9 Å². The predicted octanol–water partition coefficient (Wildman–Crippen LogP) is 2.97. The molecule has 1 aliphatic carbocycles. The standard InChI is InChI=1S/C13H16BrN3O/c14-13-10-7-16-17-11(10)4-5-12(13)18-9-3-1-2-8(15)6-9/h4-5,7-9H,1-3,6,15H2,(H,16,17). The Bertz CT molecular complexity index is 554. The van der Waals surface area contributed by atoms with Crippen molar-refractivity contribution in [1.29, 1.82) is 0 Å². The molecule has 0 aliphatic heterocycles. The minimum absolute atomic E-state index is 0.231. The first-order valence-electron chi connectivity index (χ1n) is 6.28. The highest BCUT2D eigenvalue weighted by Crippen LogP contribution is 2.34. The number of aromatic amines is 1. The van der Waals surface area contributed by atoms with Crippen molar-refractivity contribution in [3.8, 4) is 5.75 Å². The molecular formula is C13H16BrN3O. The number of ether oxygens (including phenoxy) is 1. The second kappa shape index (κ2) is 4.90. The van der Waals surface area contributed by atoms with Gasteiger partial charge in [0.2, 0.25) is 0 Å². The maximum atomic E-state index is 6.07. The molecule has 0 amide bonds. The number of rotatable bonds is 2. The van der Waals surface area contributed by atoms with E-state index in [0.717, 1.165) is 46.8 Å². The molecule has 96 valence electrons. The van der Waals surface area contributed by atoms with Crippen molar-refractivity contribution in [1.82, 2.24) is 10.2 Å². The molecule has 0 saturated heterocycles. The van der Waals surface area contributed by atoms with Gasteiger partial charge in [-0.15, -0.1) is 0 Å². The molecule has 1 saturated carbocycles. The molecule has 1 fully saturated rings. The third kappa shape index (κ3) is 2.24. The van der Waals surface area contributed by atoms with Crippen LogP contribution in [-0.2, 0) is 0 Å². The lowest BCUT2D eigenvalue weighted by Gasteiger charge is -2.27. The van der Waals surface area contributed by atoms with Gasteiger partial charge in [0.05, 0.1) is 16.2 Å². The maximum absolute atomic E-state index is 6.07. The lowest BCUT2D eigenvalue weighted by molar-refractivity contribution is 0.144. The Morgan fingerprint density at radius 3 is 3.11 bits per heavy atom. The molecule has 2 aromatic rings. The third-order valence-electron chi connectivity index (χ3n) is 3.48. The van der Waals surface area contributed by atoms with E-state index in [2.05, 4.69) is 26.1 Å². The minimum atomic E-state index is 0.231. The Hall–Kier alpha value is -1.07. The number of halogens is 1. The summed E-state index contributed by atoms with van der Waals surface area (Å²) < 4.78 is 7.03. The quantitative estimate of drug-likeness (QED) is 0.896. The zero-order valence-corrected chi connectivity index (χ0v) is 11.6. The van der Waals surface area contributed by atoms with E-state index in [1.807, 2.05) is 12.1 Å². The molecule has 1 aromatic heterocycles. The number of benzene rings is 1. The Labute approximate surface area is 114 Å². The van der Waals surface area contributed by atoms with Crippen molar-refractivity contribution in [2.24, 2.45) is 5.73 Å². The first-order valence-corrected chi connectivity index (χ1v) is 7.07. The number of fused-ring (bicyclic) bond motifs is 1. The molecule has 4 nitrogen and oxygen atoms in total. The molecule has 1 aliphatic rings. The topological polar surface area (TPSA) is 63.9 Å². The number of aromatic nitrogens is 2. The zero-order valence-electron chi connectivity index (χ0n) is 10.0. The van der Waals surface area contributed by atoms with Gasteiger partial charge in [0.15, 0.2) is 0 Å². The van der Waals surface area contributed by atoms with Gasteiger partial charge < -0.3 is 10.5 Å². The highest BCUT2D eigenvalue weighted by molar-refractivity contribution is 9.10. The van der Waals surface area contributed by atoms with Crippen molar-refractivity contribution in [2.45, 2.75) is 37.8 Å². The van der Waals surface area contributed by atoms with Gasteiger partial charge in [-0.2, -0.15) is 5.10 Å². The van der Waals surface area contributed by atoms with Crippen molar-refractivity contribution in [3.05, 3.63) is 22.8 Å².